The molecular formula is C46H82NO9P. The maximum absolute atomic E-state index is 12.7. The number of nitrogens with zero attached hydrogens (tertiary/aromatic N) is 1. The van der Waals surface area contributed by atoms with Crippen LogP contribution in [0, 0.1) is 0 Å². The molecule has 0 aromatic rings. The average molecular weight is 824 g/mol. The van der Waals surface area contributed by atoms with Crippen LogP contribution in [0.15, 0.2) is 72.9 Å². The summed E-state index contributed by atoms with van der Waals surface area (Å²) in [6.07, 6.45) is 41.2. The van der Waals surface area contributed by atoms with E-state index in [0.29, 0.717) is 36.9 Å². The molecule has 57 heavy (non-hydrogen) atoms. The molecule has 0 fully saturated rings. The first-order chi connectivity index (χ1) is 27.4. The number of carbonyl (C=O) groups excluding carboxylic acids is 1. The van der Waals surface area contributed by atoms with Gasteiger partial charge in [0.2, 0.25) is 0 Å². The summed E-state index contributed by atoms with van der Waals surface area (Å²) in [5.41, 5.74) is 0. The Morgan fingerprint density at radius 1 is 0.684 bits per heavy atom. The van der Waals surface area contributed by atoms with E-state index in [1.54, 1.807) is 36.5 Å². The summed E-state index contributed by atoms with van der Waals surface area (Å²) in [7, 11) is 1.18. The van der Waals surface area contributed by atoms with E-state index in [9.17, 15) is 24.5 Å². The molecule has 0 bridgehead atoms. The minimum atomic E-state index is -4.60. The molecule has 0 rings (SSSR count). The lowest BCUT2D eigenvalue weighted by molar-refractivity contribution is -0.870. The van der Waals surface area contributed by atoms with Gasteiger partial charge in [0.1, 0.15) is 19.3 Å². The van der Waals surface area contributed by atoms with E-state index >= 15 is 0 Å². The Labute approximate surface area is 348 Å². The number of hydrogen-bond acceptors (Lipinski definition) is 9. The molecule has 0 aliphatic rings. The van der Waals surface area contributed by atoms with Crippen molar-refractivity contribution in [3.8, 4) is 0 Å². The lowest BCUT2D eigenvalue weighted by atomic mass is 10.1. The molecule has 11 heteroatoms. The van der Waals surface area contributed by atoms with Crippen LogP contribution in [0.2, 0.25) is 0 Å². The first-order valence-corrected chi connectivity index (χ1v) is 23.3. The Balaban J connectivity index is 4.54. The van der Waals surface area contributed by atoms with E-state index in [4.69, 9.17) is 18.5 Å². The molecule has 0 aliphatic carbocycles. The summed E-state index contributed by atoms with van der Waals surface area (Å²) in [5, 5.41) is 20.3. The first-order valence-electron chi connectivity index (χ1n) is 21.9. The van der Waals surface area contributed by atoms with Crippen molar-refractivity contribution in [2.75, 3.05) is 54.1 Å². The van der Waals surface area contributed by atoms with Gasteiger partial charge in [0.25, 0.3) is 7.82 Å². The number of phosphoric acid groups is 1. The SMILES string of the molecule is CC/C=C\C/C=C\CC(O)/C=C/C=C\C=C\C(O)CCCC(=O)OC(COCCCCCCCC/C=C\CCCCCCCC)COP(=O)([O-])OCC[N+](C)(C)C. The van der Waals surface area contributed by atoms with E-state index in [2.05, 4.69) is 38.2 Å². The Morgan fingerprint density at radius 2 is 1.28 bits per heavy atom. The highest BCUT2D eigenvalue weighted by molar-refractivity contribution is 7.45. The molecule has 2 N–H and O–H groups in total. The van der Waals surface area contributed by atoms with E-state index in [1.165, 1.54) is 64.2 Å². The molecule has 0 aliphatic heterocycles. The van der Waals surface area contributed by atoms with Gasteiger partial charge in [0, 0.05) is 13.0 Å². The Hall–Kier alpha value is -2.14. The summed E-state index contributed by atoms with van der Waals surface area (Å²) in [4.78, 5) is 25.1. The van der Waals surface area contributed by atoms with Crippen molar-refractivity contribution in [1.82, 2.24) is 0 Å². The van der Waals surface area contributed by atoms with Crippen molar-refractivity contribution >= 4 is 13.8 Å². The van der Waals surface area contributed by atoms with Crippen molar-refractivity contribution in [3.05, 3.63) is 72.9 Å². The number of rotatable bonds is 39. The summed E-state index contributed by atoms with van der Waals surface area (Å²) >= 11 is 0. The molecule has 4 unspecified atom stereocenters. The predicted octanol–water partition coefficient (Wildman–Crippen LogP) is 10.0. The van der Waals surface area contributed by atoms with E-state index in [-0.39, 0.29) is 19.6 Å². The number of likely N-dealkylation sites (N-methyl/N-ethyl adjacent to an activating group) is 1. The molecular weight excluding hydrogens is 741 g/mol. The number of esters is 1. The number of phosphoric ester groups is 1. The second-order valence-electron chi connectivity index (χ2n) is 15.7. The maximum atomic E-state index is 12.7. The molecule has 0 saturated carbocycles. The van der Waals surface area contributed by atoms with Gasteiger partial charge in [-0.15, -0.1) is 0 Å². The van der Waals surface area contributed by atoms with Gasteiger partial charge in [0.15, 0.2) is 0 Å². The summed E-state index contributed by atoms with van der Waals surface area (Å²) in [6, 6.07) is 0. The number of aliphatic hydroxyl groups is 2. The molecule has 0 aromatic heterocycles. The third-order valence-electron chi connectivity index (χ3n) is 8.93. The van der Waals surface area contributed by atoms with E-state index in [0.717, 1.165) is 38.5 Å². The van der Waals surface area contributed by atoms with Crippen molar-refractivity contribution < 1.29 is 47.5 Å². The van der Waals surface area contributed by atoms with Crippen molar-refractivity contribution in [2.45, 2.75) is 161 Å². The molecule has 4 atom stereocenters. The minimum absolute atomic E-state index is 0.00616. The van der Waals surface area contributed by atoms with Crippen LogP contribution in [0.1, 0.15) is 142 Å². The standard InChI is InChI=1S/C46H82NO9P/c1-6-8-10-12-14-15-16-17-18-19-20-21-22-23-27-31-39-53-41-45(42-55-57(51,52)54-40-38-47(3,4)5)56-46(50)37-32-36-44(49)35-30-26-25-29-34-43(48)33-28-24-13-11-9-7-2/h9,11,17-18,24-26,28-30,34-35,43-45,48-49H,6-8,10,12-16,19-23,27,31-33,36-42H2,1-5H3/b11-9-,18-17-,26-25-,28-24-,34-29+,35-30+. The zero-order valence-electron chi connectivity index (χ0n) is 36.5. The van der Waals surface area contributed by atoms with Crippen LogP contribution in [0.4, 0.5) is 0 Å². The second-order valence-corrected chi connectivity index (χ2v) is 17.1. The van der Waals surface area contributed by atoms with Gasteiger partial charge in [-0.2, -0.15) is 0 Å². The molecule has 0 spiro atoms. The van der Waals surface area contributed by atoms with Crippen LogP contribution in [-0.4, -0.2) is 93.1 Å². The zero-order chi connectivity index (χ0) is 42.3. The highest BCUT2D eigenvalue weighted by Gasteiger charge is 2.20. The molecule has 0 heterocycles. The van der Waals surface area contributed by atoms with Crippen LogP contribution in [0.3, 0.4) is 0 Å². The third kappa shape index (κ3) is 41.8. The number of quaternary nitrogens is 1. The number of unbranched alkanes of at least 4 members (excludes halogenated alkanes) is 12. The number of ether oxygens (including phenoxy) is 2. The van der Waals surface area contributed by atoms with Crippen LogP contribution in [-0.2, 0) is 27.9 Å². The molecule has 0 aromatic carbocycles. The van der Waals surface area contributed by atoms with Gasteiger partial charge in [-0.1, -0.05) is 145 Å². The Kier molecular flexibility index (Phi) is 36.7. The van der Waals surface area contributed by atoms with E-state index < -0.39 is 38.7 Å². The van der Waals surface area contributed by atoms with Gasteiger partial charge in [-0.05, 0) is 64.2 Å². The zero-order valence-corrected chi connectivity index (χ0v) is 37.4. The van der Waals surface area contributed by atoms with Crippen molar-refractivity contribution in [1.29, 1.82) is 0 Å². The molecule has 0 amide bonds. The summed E-state index contributed by atoms with van der Waals surface area (Å²) in [6.45, 7) is 4.87. The largest absolute Gasteiger partial charge is 0.756 e. The minimum Gasteiger partial charge on any atom is -0.756 e. The van der Waals surface area contributed by atoms with Gasteiger partial charge in [-0.25, -0.2) is 0 Å². The second kappa shape index (κ2) is 38.1. The number of hydrogen-bond donors (Lipinski definition) is 2. The normalized spacial score (nSPS) is 15.6. The summed E-state index contributed by atoms with van der Waals surface area (Å²) < 4.78 is 34.3. The fraction of sp³-hybridized carbons (Fsp3) is 0.717. The monoisotopic (exact) mass is 824 g/mol. The number of carbonyl (C=O) groups is 1. The van der Waals surface area contributed by atoms with Gasteiger partial charge < -0.3 is 38.1 Å². The van der Waals surface area contributed by atoms with E-state index in [1.807, 2.05) is 33.3 Å². The van der Waals surface area contributed by atoms with Crippen LogP contribution in [0.5, 0.6) is 0 Å². The van der Waals surface area contributed by atoms with Crippen molar-refractivity contribution in [2.24, 2.45) is 0 Å². The Bertz CT molecular complexity index is 1170. The van der Waals surface area contributed by atoms with Crippen LogP contribution < -0.4 is 4.89 Å². The summed E-state index contributed by atoms with van der Waals surface area (Å²) in [5.74, 6) is -0.525. The lowest BCUT2D eigenvalue weighted by Gasteiger charge is -2.28. The van der Waals surface area contributed by atoms with Crippen LogP contribution >= 0.6 is 7.82 Å². The highest BCUT2D eigenvalue weighted by Crippen LogP contribution is 2.38. The number of allylic oxidation sites excluding steroid dienone is 9. The average Bonchev–Trinajstić information content (AvgIpc) is 3.15. The topological polar surface area (TPSA) is 135 Å². The maximum Gasteiger partial charge on any atom is 0.306 e. The number of aliphatic hydroxyl groups excluding tert-OH is 2. The lowest BCUT2D eigenvalue weighted by Crippen LogP contribution is -2.37. The first kappa shape index (κ1) is 54.9. The fourth-order valence-electron chi connectivity index (χ4n) is 5.48. The quantitative estimate of drug-likeness (QED) is 0.0155. The highest BCUT2D eigenvalue weighted by atomic mass is 31.2. The molecule has 0 saturated heterocycles. The van der Waals surface area contributed by atoms with Gasteiger partial charge in [-0.3, -0.25) is 9.36 Å². The molecule has 0 radical (unpaired) electrons. The van der Waals surface area contributed by atoms with Crippen LogP contribution in [0.25, 0.3) is 0 Å². The molecule has 10 nitrogen and oxygen atoms in total. The smallest absolute Gasteiger partial charge is 0.306 e. The van der Waals surface area contributed by atoms with Crippen molar-refractivity contribution in [3.63, 3.8) is 0 Å². The Morgan fingerprint density at radius 3 is 1.91 bits per heavy atom. The fourth-order valence-corrected chi connectivity index (χ4v) is 6.21. The van der Waals surface area contributed by atoms with Gasteiger partial charge >= 0.3 is 5.97 Å². The third-order valence-corrected chi connectivity index (χ3v) is 9.90. The predicted molar refractivity (Wildman–Crippen MR) is 234 cm³/mol. The van der Waals surface area contributed by atoms with Gasteiger partial charge in [0.05, 0.1) is 46.6 Å². The molecule has 330 valence electrons.